The first kappa shape index (κ1) is 18.5. The lowest BCUT2D eigenvalue weighted by atomic mass is 10.3. The molecule has 0 saturated carbocycles. The molecule has 3 rings (SSSR count). The summed E-state index contributed by atoms with van der Waals surface area (Å²) in [6, 6.07) is 4.20. The molecule has 26 heavy (non-hydrogen) atoms. The smallest absolute Gasteiger partial charge is 0.313 e. The van der Waals surface area contributed by atoms with E-state index in [1.807, 2.05) is 24.1 Å². The van der Waals surface area contributed by atoms with Crippen LogP contribution in [0.2, 0.25) is 0 Å². The van der Waals surface area contributed by atoms with Crippen LogP contribution in [0.5, 0.6) is 0 Å². The number of rotatable bonds is 6. The number of esters is 1. The Kier molecular flexibility index (Phi) is 6.00. The maximum Gasteiger partial charge on any atom is 0.313 e. The van der Waals surface area contributed by atoms with Crippen molar-refractivity contribution in [3.8, 4) is 0 Å². The van der Waals surface area contributed by atoms with Crippen molar-refractivity contribution in [3.05, 3.63) is 35.1 Å². The Morgan fingerprint density at radius 2 is 2.04 bits per heavy atom. The fraction of sp³-hybridized carbons (Fsp3) is 0.529. The summed E-state index contributed by atoms with van der Waals surface area (Å²) in [7, 11) is 1.85. The monoisotopic (exact) mass is 378 g/mol. The number of hydrogen-bond acceptors (Lipinski definition) is 5. The van der Waals surface area contributed by atoms with Crippen LogP contribution >= 0.6 is 12.2 Å². The fourth-order valence-electron chi connectivity index (χ4n) is 3.17. The zero-order valence-corrected chi connectivity index (χ0v) is 16.1. The van der Waals surface area contributed by atoms with Gasteiger partial charge < -0.3 is 19.1 Å². The van der Waals surface area contributed by atoms with E-state index in [9.17, 15) is 4.79 Å². The summed E-state index contributed by atoms with van der Waals surface area (Å²) < 4.78 is 9.26. The third-order valence-electron chi connectivity index (χ3n) is 4.65. The summed E-state index contributed by atoms with van der Waals surface area (Å²) in [6.07, 6.45) is 4.05. The highest BCUT2D eigenvalue weighted by Gasteiger charge is 2.22. The van der Waals surface area contributed by atoms with Crippen molar-refractivity contribution in [2.45, 2.75) is 20.0 Å². The molecule has 9 heteroatoms. The number of nitrogens with zero attached hydrogens (tertiary/aromatic N) is 4. The van der Waals surface area contributed by atoms with Gasteiger partial charge in [-0.3, -0.25) is 4.79 Å². The molecular weight excluding hydrogens is 352 g/mol. The second-order valence-electron chi connectivity index (χ2n) is 6.39. The van der Waals surface area contributed by atoms with Gasteiger partial charge in [0.1, 0.15) is 12.2 Å². The first-order valence-electron chi connectivity index (χ1n) is 8.91. The average Bonchev–Trinajstić information content (AvgIpc) is 2.91. The standard InChI is InChI=1S/C17H24N6O2S/c1-3-25-16(24)12-15-19-23(17(26)20(15)2)13-21-8-10-22(11-9-21)14-4-6-18-7-5-14/h4-7H,3,8-13H2,1-2H3/p+2. The van der Waals surface area contributed by atoms with Gasteiger partial charge >= 0.3 is 5.97 Å². The molecule has 0 amide bonds. The summed E-state index contributed by atoms with van der Waals surface area (Å²) in [5.74, 6) is 0.371. The van der Waals surface area contributed by atoms with Gasteiger partial charge in [0.15, 0.2) is 19.1 Å². The molecule has 140 valence electrons. The summed E-state index contributed by atoms with van der Waals surface area (Å²) in [5, 5.41) is 4.54. The molecule has 2 aromatic heterocycles. The first-order chi connectivity index (χ1) is 12.6. The Morgan fingerprint density at radius 3 is 2.69 bits per heavy atom. The average molecular weight is 379 g/mol. The third-order valence-corrected chi connectivity index (χ3v) is 5.13. The van der Waals surface area contributed by atoms with Gasteiger partial charge in [-0.15, -0.1) is 0 Å². The largest absolute Gasteiger partial charge is 0.466 e. The van der Waals surface area contributed by atoms with E-state index < -0.39 is 0 Å². The Hall–Kier alpha value is -2.26. The van der Waals surface area contributed by atoms with Gasteiger partial charge in [0.25, 0.3) is 0 Å². The van der Waals surface area contributed by atoms with Crippen LogP contribution in [0, 0.1) is 4.77 Å². The van der Waals surface area contributed by atoms with Crippen molar-refractivity contribution < 1.29 is 19.4 Å². The Bertz CT molecular complexity index is 795. The van der Waals surface area contributed by atoms with Gasteiger partial charge in [0.2, 0.25) is 4.77 Å². The van der Waals surface area contributed by atoms with Gasteiger partial charge in [0.05, 0.1) is 32.8 Å². The van der Waals surface area contributed by atoms with Crippen LogP contribution in [0.3, 0.4) is 0 Å². The van der Waals surface area contributed by atoms with Gasteiger partial charge in [-0.1, -0.05) is 0 Å². The predicted octanol–water partition coefficient (Wildman–Crippen LogP) is -0.767. The number of nitrogens with one attached hydrogen (secondary N) is 2. The van der Waals surface area contributed by atoms with E-state index in [4.69, 9.17) is 17.0 Å². The van der Waals surface area contributed by atoms with Crippen LogP contribution in [0.15, 0.2) is 24.5 Å². The number of carbonyl (C=O) groups excluding carboxylic acids is 1. The van der Waals surface area contributed by atoms with E-state index >= 15 is 0 Å². The number of aromatic amines is 1. The zero-order chi connectivity index (χ0) is 18.5. The number of H-pyrrole nitrogens is 1. The van der Waals surface area contributed by atoms with Crippen molar-refractivity contribution in [3.63, 3.8) is 0 Å². The highest BCUT2D eigenvalue weighted by atomic mass is 32.1. The van der Waals surface area contributed by atoms with Crippen LogP contribution in [-0.2, 0) is 29.7 Å². The minimum Gasteiger partial charge on any atom is -0.466 e. The molecule has 1 aliphatic heterocycles. The molecule has 3 heterocycles. The lowest BCUT2D eigenvalue weighted by Crippen LogP contribution is -3.14. The maximum atomic E-state index is 11.7. The first-order valence-corrected chi connectivity index (χ1v) is 9.32. The van der Waals surface area contributed by atoms with E-state index in [1.165, 1.54) is 10.6 Å². The maximum absolute atomic E-state index is 11.7. The highest BCUT2D eigenvalue weighted by Crippen LogP contribution is 2.10. The lowest BCUT2D eigenvalue weighted by molar-refractivity contribution is -0.924. The van der Waals surface area contributed by atoms with E-state index in [-0.39, 0.29) is 12.4 Å². The minimum absolute atomic E-state index is 0.148. The molecule has 2 aromatic rings. The normalized spacial score (nSPS) is 15.2. The molecule has 0 radical (unpaired) electrons. The number of quaternary nitrogens is 1. The topological polar surface area (TPSA) is 70.9 Å². The molecule has 1 fully saturated rings. The van der Waals surface area contributed by atoms with Crippen molar-refractivity contribution in [1.29, 1.82) is 0 Å². The van der Waals surface area contributed by atoms with Gasteiger partial charge in [0, 0.05) is 24.9 Å². The molecule has 0 bridgehead atoms. The lowest BCUT2D eigenvalue weighted by Gasteiger charge is -2.33. The van der Waals surface area contributed by atoms with Crippen molar-refractivity contribution in [2.75, 3.05) is 37.7 Å². The van der Waals surface area contributed by atoms with Crippen LogP contribution in [-0.4, -0.2) is 53.1 Å². The molecule has 0 aliphatic carbocycles. The highest BCUT2D eigenvalue weighted by molar-refractivity contribution is 7.71. The third kappa shape index (κ3) is 4.28. The van der Waals surface area contributed by atoms with E-state index in [1.54, 1.807) is 11.5 Å². The number of pyridine rings is 1. The summed E-state index contributed by atoms with van der Waals surface area (Å²) in [5.41, 5.74) is 1.24. The van der Waals surface area contributed by atoms with E-state index in [0.717, 1.165) is 26.2 Å². The van der Waals surface area contributed by atoms with Crippen molar-refractivity contribution in [1.82, 2.24) is 14.3 Å². The summed E-state index contributed by atoms with van der Waals surface area (Å²) >= 11 is 5.48. The molecule has 0 atom stereocenters. The summed E-state index contributed by atoms with van der Waals surface area (Å²) in [4.78, 5) is 18.6. The quantitative estimate of drug-likeness (QED) is 0.528. The molecule has 1 aliphatic rings. The minimum atomic E-state index is -0.274. The van der Waals surface area contributed by atoms with Crippen LogP contribution in [0.4, 0.5) is 5.69 Å². The second-order valence-corrected chi connectivity index (χ2v) is 6.76. The molecule has 0 aromatic carbocycles. The van der Waals surface area contributed by atoms with Crippen molar-refractivity contribution in [2.24, 2.45) is 7.05 Å². The van der Waals surface area contributed by atoms with Gasteiger partial charge in [-0.2, -0.15) is 9.78 Å². The number of hydrogen-bond donors (Lipinski definition) is 1. The van der Waals surface area contributed by atoms with Crippen LogP contribution in [0.1, 0.15) is 12.7 Å². The number of ether oxygens (including phenoxy) is 1. The molecule has 0 spiro atoms. The summed E-state index contributed by atoms with van der Waals surface area (Å²) in [6.45, 7) is 6.91. The Balaban J connectivity index is 1.60. The Labute approximate surface area is 158 Å². The predicted molar refractivity (Wildman–Crippen MR) is 98.3 cm³/mol. The van der Waals surface area contributed by atoms with E-state index in [2.05, 4.69) is 27.1 Å². The SMILES string of the molecule is CCOC(=O)Cc1nn(C[NH+]2CCN(c3cc[nH+]cc3)CC2)c(=S)n1C. The number of anilines is 1. The van der Waals surface area contributed by atoms with Crippen LogP contribution < -0.4 is 14.8 Å². The molecule has 2 N–H and O–H groups in total. The molecule has 8 nitrogen and oxygen atoms in total. The van der Waals surface area contributed by atoms with Gasteiger partial charge in [-0.05, 0) is 19.1 Å². The van der Waals surface area contributed by atoms with Gasteiger partial charge in [-0.25, -0.2) is 4.98 Å². The fourth-order valence-corrected chi connectivity index (χ4v) is 3.38. The van der Waals surface area contributed by atoms with Crippen LogP contribution in [0.25, 0.3) is 0 Å². The number of piperazine rings is 1. The molecule has 1 saturated heterocycles. The molecule has 0 unspecified atom stereocenters. The van der Waals surface area contributed by atoms with Crippen molar-refractivity contribution >= 4 is 23.9 Å². The number of carbonyl (C=O) groups is 1. The number of aromatic nitrogens is 4. The second kappa shape index (κ2) is 8.41. The molecular formula is C17H26N6O2S+2. The zero-order valence-electron chi connectivity index (χ0n) is 15.3. The van der Waals surface area contributed by atoms with E-state index in [0.29, 0.717) is 23.9 Å². The Morgan fingerprint density at radius 1 is 1.35 bits per heavy atom.